The van der Waals surface area contributed by atoms with E-state index < -0.39 is 0 Å². The Morgan fingerprint density at radius 1 is 1.03 bits per heavy atom. The summed E-state index contributed by atoms with van der Waals surface area (Å²) in [6, 6.07) is 14.3. The summed E-state index contributed by atoms with van der Waals surface area (Å²) in [5, 5.41) is 12.4. The fraction of sp³-hybridized carbons (Fsp3) is 0.400. The third-order valence-electron chi connectivity index (χ3n) is 5.47. The topological polar surface area (TPSA) is 69.0 Å². The molecule has 3 aromatic rings. The lowest BCUT2D eigenvalue weighted by atomic mass is 10.0. The van der Waals surface area contributed by atoms with Crippen LogP contribution in [0.15, 0.2) is 47.6 Å². The van der Waals surface area contributed by atoms with Gasteiger partial charge in [0.1, 0.15) is 5.75 Å². The SMILES string of the molecule is CCc1ccc(OC(C)c2nnc(SCC(=O)Nc3c(CC)cccc3CC)n2C)cc1. The first-order valence-electron chi connectivity index (χ1n) is 11.1. The van der Waals surface area contributed by atoms with Crippen molar-refractivity contribution in [1.82, 2.24) is 14.8 Å². The molecular weight excluding hydrogens is 420 g/mol. The highest BCUT2D eigenvalue weighted by molar-refractivity contribution is 7.99. The molecule has 0 aliphatic rings. The molecule has 0 fully saturated rings. The molecule has 1 atom stereocenters. The minimum absolute atomic E-state index is 0.0459. The van der Waals surface area contributed by atoms with Crippen LogP contribution >= 0.6 is 11.8 Å². The molecule has 6 nitrogen and oxygen atoms in total. The average Bonchev–Trinajstić information content (AvgIpc) is 3.18. The number of hydrogen-bond acceptors (Lipinski definition) is 5. The van der Waals surface area contributed by atoms with Gasteiger partial charge in [-0.25, -0.2) is 0 Å². The number of aromatic nitrogens is 3. The molecule has 0 saturated heterocycles. The predicted molar refractivity (Wildman–Crippen MR) is 130 cm³/mol. The molecule has 32 heavy (non-hydrogen) atoms. The summed E-state index contributed by atoms with van der Waals surface area (Å²) in [7, 11) is 1.90. The van der Waals surface area contributed by atoms with Crippen molar-refractivity contribution in [2.24, 2.45) is 7.05 Å². The summed E-state index contributed by atoms with van der Waals surface area (Å²) in [6.45, 7) is 8.28. The van der Waals surface area contributed by atoms with Gasteiger partial charge in [0.15, 0.2) is 17.1 Å². The molecule has 0 aliphatic carbocycles. The molecule has 1 unspecified atom stereocenters. The Labute approximate surface area is 194 Å². The number of benzene rings is 2. The molecule has 1 heterocycles. The van der Waals surface area contributed by atoms with Crippen molar-refractivity contribution >= 4 is 23.4 Å². The van der Waals surface area contributed by atoms with Crippen molar-refractivity contribution < 1.29 is 9.53 Å². The van der Waals surface area contributed by atoms with Crippen LogP contribution < -0.4 is 10.1 Å². The Morgan fingerprint density at radius 2 is 1.69 bits per heavy atom. The van der Waals surface area contributed by atoms with Crippen LogP contribution in [0.5, 0.6) is 5.75 Å². The normalized spacial score (nSPS) is 11.9. The number of nitrogens with one attached hydrogen (secondary N) is 1. The van der Waals surface area contributed by atoms with Crippen LogP contribution in [-0.2, 0) is 31.1 Å². The number of rotatable bonds is 10. The Balaban J connectivity index is 1.61. The number of thioether (sulfide) groups is 1. The third-order valence-corrected chi connectivity index (χ3v) is 6.49. The van der Waals surface area contributed by atoms with Gasteiger partial charge >= 0.3 is 0 Å². The smallest absolute Gasteiger partial charge is 0.234 e. The summed E-state index contributed by atoms with van der Waals surface area (Å²) in [6.07, 6.45) is 2.49. The van der Waals surface area contributed by atoms with Crippen LogP contribution in [0, 0.1) is 0 Å². The van der Waals surface area contributed by atoms with E-state index in [1.807, 2.05) is 36.7 Å². The number of hydrogen-bond donors (Lipinski definition) is 1. The number of ether oxygens (including phenoxy) is 1. The third kappa shape index (κ3) is 5.71. The van der Waals surface area contributed by atoms with E-state index >= 15 is 0 Å². The maximum absolute atomic E-state index is 12.7. The predicted octanol–water partition coefficient (Wildman–Crippen LogP) is 5.37. The van der Waals surface area contributed by atoms with E-state index in [4.69, 9.17) is 4.74 Å². The van der Waals surface area contributed by atoms with Gasteiger partial charge in [-0.2, -0.15) is 0 Å². The lowest BCUT2D eigenvalue weighted by molar-refractivity contribution is -0.113. The number of aryl methyl sites for hydroxylation is 3. The highest BCUT2D eigenvalue weighted by atomic mass is 32.2. The van der Waals surface area contributed by atoms with E-state index in [2.05, 4.69) is 60.6 Å². The van der Waals surface area contributed by atoms with Crippen LogP contribution in [0.25, 0.3) is 0 Å². The molecule has 0 spiro atoms. The standard InChI is InChI=1S/C25H32N4O2S/c1-6-18-12-14-21(15-13-18)31-17(4)24-27-28-25(29(24)5)32-16-22(30)26-23-19(7-2)10-9-11-20(23)8-3/h9-15,17H,6-8,16H2,1-5H3,(H,26,30). The van der Waals surface area contributed by atoms with Gasteiger partial charge in [0.25, 0.3) is 0 Å². The van der Waals surface area contributed by atoms with E-state index in [0.29, 0.717) is 5.16 Å². The van der Waals surface area contributed by atoms with Crippen molar-refractivity contribution in [1.29, 1.82) is 0 Å². The van der Waals surface area contributed by atoms with Gasteiger partial charge in [-0.05, 0) is 55.0 Å². The summed E-state index contributed by atoms with van der Waals surface area (Å²) in [5.74, 6) is 1.74. The molecule has 0 bridgehead atoms. The first-order valence-corrected chi connectivity index (χ1v) is 12.1. The highest BCUT2D eigenvalue weighted by Crippen LogP contribution is 2.26. The molecule has 0 radical (unpaired) electrons. The molecule has 7 heteroatoms. The van der Waals surface area contributed by atoms with E-state index in [1.165, 1.54) is 17.3 Å². The second-order valence-electron chi connectivity index (χ2n) is 7.65. The summed E-state index contributed by atoms with van der Waals surface area (Å²) < 4.78 is 7.93. The van der Waals surface area contributed by atoms with E-state index in [1.54, 1.807) is 0 Å². The van der Waals surface area contributed by atoms with Gasteiger partial charge in [-0.15, -0.1) is 10.2 Å². The Hall–Kier alpha value is -2.80. The van der Waals surface area contributed by atoms with Crippen LogP contribution in [0.1, 0.15) is 56.3 Å². The van der Waals surface area contributed by atoms with E-state index in [-0.39, 0.29) is 17.8 Å². The monoisotopic (exact) mass is 452 g/mol. The van der Waals surface area contributed by atoms with Crippen LogP contribution in [0.2, 0.25) is 0 Å². The summed E-state index contributed by atoms with van der Waals surface area (Å²) >= 11 is 1.37. The van der Waals surface area contributed by atoms with Gasteiger partial charge in [0.05, 0.1) is 5.75 Å². The van der Waals surface area contributed by atoms with Crippen molar-refractivity contribution in [3.05, 3.63) is 65.0 Å². The van der Waals surface area contributed by atoms with Crippen molar-refractivity contribution in [3.63, 3.8) is 0 Å². The van der Waals surface area contributed by atoms with Crippen LogP contribution in [0.4, 0.5) is 5.69 Å². The zero-order valence-electron chi connectivity index (χ0n) is 19.5. The molecule has 1 aromatic heterocycles. The van der Waals surface area contributed by atoms with Crippen molar-refractivity contribution in [3.8, 4) is 5.75 Å². The lowest BCUT2D eigenvalue weighted by Crippen LogP contribution is -2.17. The van der Waals surface area contributed by atoms with Gasteiger partial charge in [0, 0.05) is 12.7 Å². The number of carbonyl (C=O) groups excluding carboxylic acids is 1. The number of amides is 1. The van der Waals surface area contributed by atoms with Crippen LogP contribution in [0.3, 0.4) is 0 Å². The minimum atomic E-state index is -0.258. The van der Waals surface area contributed by atoms with Gasteiger partial charge in [-0.3, -0.25) is 4.79 Å². The van der Waals surface area contributed by atoms with Crippen molar-refractivity contribution in [2.75, 3.05) is 11.1 Å². The molecule has 0 aliphatic heterocycles. The minimum Gasteiger partial charge on any atom is -0.483 e. The molecule has 2 aromatic carbocycles. The first-order chi connectivity index (χ1) is 15.5. The molecule has 0 saturated carbocycles. The average molecular weight is 453 g/mol. The van der Waals surface area contributed by atoms with Crippen molar-refractivity contribution in [2.45, 2.75) is 58.2 Å². The maximum Gasteiger partial charge on any atom is 0.234 e. The second-order valence-corrected chi connectivity index (χ2v) is 8.60. The quantitative estimate of drug-likeness (QED) is 0.419. The number of anilines is 1. The fourth-order valence-electron chi connectivity index (χ4n) is 3.58. The molecule has 1 amide bonds. The fourth-order valence-corrected chi connectivity index (χ4v) is 4.29. The van der Waals surface area contributed by atoms with E-state index in [0.717, 1.165) is 47.7 Å². The number of nitrogens with zero attached hydrogens (tertiary/aromatic N) is 3. The maximum atomic E-state index is 12.7. The highest BCUT2D eigenvalue weighted by Gasteiger charge is 2.18. The van der Waals surface area contributed by atoms with Gasteiger partial charge < -0.3 is 14.6 Å². The number of para-hydroxylation sites is 1. The molecule has 3 rings (SSSR count). The summed E-state index contributed by atoms with van der Waals surface area (Å²) in [5.41, 5.74) is 4.52. The van der Waals surface area contributed by atoms with E-state index in [9.17, 15) is 4.79 Å². The first kappa shape index (κ1) is 23.9. The zero-order valence-corrected chi connectivity index (χ0v) is 20.3. The summed E-state index contributed by atoms with van der Waals surface area (Å²) in [4.78, 5) is 12.7. The largest absolute Gasteiger partial charge is 0.483 e. The Kier molecular flexibility index (Phi) is 8.33. The number of carbonyl (C=O) groups is 1. The molecule has 170 valence electrons. The molecular formula is C25H32N4O2S. The second kappa shape index (κ2) is 11.2. The van der Waals surface area contributed by atoms with Gasteiger partial charge in [0.2, 0.25) is 5.91 Å². The van der Waals surface area contributed by atoms with Gasteiger partial charge in [-0.1, -0.05) is 62.9 Å². The Morgan fingerprint density at radius 3 is 2.28 bits per heavy atom. The van der Waals surface area contributed by atoms with Crippen LogP contribution in [-0.4, -0.2) is 26.4 Å². The zero-order chi connectivity index (χ0) is 23.1. The Bertz CT molecular complexity index is 1020. The molecule has 1 N–H and O–H groups in total. The lowest BCUT2D eigenvalue weighted by Gasteiger charge is -2.15.